The molecule has 0 heterocycles. The van der Waals surface area contributed by atoms with Gasteiger partial charge in [-0.3, -0.25) is 0 Å². The zero-order valence-corrected chi connectivity index (χ0v) is 10.4. The molecule has 0 aromatic heterocycles. The fourth-order valence-corrected chi connectivity index (χ4v) is 1.75. The van der Waals surface area contributed by atoms with Gasteiger partial charge in [0.05, 0.1) is 12.3 Å². The minimum Gasteiger partial charge on any atom is -0.391 e. The zero-order chi connectivity index (χ0) is 13.5. The van der Waals surface area contributed by atoms with Crippen LogP contribution in [0, 0.1) is 17.5 Å². The fourth-order valence-electron chi connectivity index (χ4n) is 1.75. The van der Waals surface area contributed by atoms with Gasteiger partial charge in [-0.05, 0) is 6.42 Å². The monoisotopic (exact) mass is 261 g/mol. The molecule has 0 atom stereocenters. The van der Waals surface area contributed by atoms with E-state index in [1.165, 1.54) is 0 Å². The van der Waals surface area contributed by atoms with Gasteiger partial charge in [0.1, 0.15) is 5.82 Å². The van der Waals surface area contributed by atoms with Crippen LogP contribution in [-0.4, -0.2) is 11.7 Å². The Hall–Kier alpha value is -1.23. The van der Waals surface area contributed by atoms with Crippen molar-refractivity contribution in [3.05, 3.63) is 29.1 Å². The van der Waals surface area contributed by atoms with Gasteiger partial charge in [0.2, 0.25) is 0 Å². The van der Waals surface area contributed by atoms with Crippen molar-refractivity contribution < 1.29 is 18.3 Å². The summed E-state index contributed by atoms with van der Waals surface area (Å²) in [6.45, 7) is 1.80. The van der Waals surface area contributed by atoms with Crippen molar-refractivity contribution in [2.45, 2.75) is 39.2 Å². The molecule has 1 aromatic rings. The Morgan fingerprint density at radius 2 is 1.83 bits per heavy atom. The highest BCUT2D eigenvalue weighted by molar-refractivity contribution is 5.53. The Bertz CT molecular complexity index is 396. The van der Waals surface area contributed by atoms with Crippen LogP contribution in [0.15, 0.2) is 6.07 Å². The molecule has 2 N–H and O–H groups in total. The van der Waals surface area contributed by atoms with Crippen LogP contribution in [-0.2, 0) is 6.61 Å². The average molecular weight is 261 g/mol. The number of halogens is 3. The topological polar surface area (TPSA) is 32.3 Å². The van der Waals surface area contributed by atoms with E-state index in [1.807, 2.05) is 0 Å². The van der Waals surface area contributed by atoms with Crippen LogP contribution < -0.4 is 5.32 Å². The molecule has 0 saturated carbocycles. The maximum absolute atomic E-state index is 13.5. The Labute approximate surface area is 105 Å². The minimum atomic E-state index is -1.28. The highest BCUT2D eigenvalue weighted by atomic mass is 19.2. The van der Waals surface area contributed by atoms with E-state index in [0.29, 0.717) is 12.6 Å². The Kier molecular flexibility index (Phi) is 5.98. The van der Waals surface area contributed by atoms with E-state index in [4.69, 9.17) is 5.11 Å². The normalized spacial score (nSPS) is 10.7. The molecule has 0 amide bonds. The first-order chi connectivity index (χ1) is 8.61. The molecule has 0 aliphatic rings. The lowest BCUT2D eigenvalue weighted by atomic mass is 10.1. The Morgan fingerprint density at radius 1 is 1.11 bits per heavy atom. The van der Waals surface area contributed by atoms with Crippen LogP contribution in [0.1, 0.15) is 38.2 Å². The van der Waals surface area contributed by atoms with Crippen LogP contribution >= 0.6 is 0 Å². The van der Waals surface area contributed by atoms with E-state index in [0.717, 1.165) is 25.7 Å². The van der Waals surface area contributed by atoms with Gasteiger partial charge in [-0.1, -0.05) is 26.2 Å². The van der Waals surface area contributed by atoms with Gasteiger partial charge in [0.15, 0.2) is 11.6 Å². The molecule has 0 radical (unpaired) electrons. The predicted molar refractivity (Wildman–Crippen MR) is 64.9 cm³/mol. The maximum Gasteiger partial charge on any atom is 0.166 e. The van der Waals surface area contributed by atoms with Crippen molar-refractivity contribution in [2.24, 2.45) is 0 Å². The van der Waals surface area contributed by atoms with Gasteiger partial charge < -0.3 is 10.4 Å². The summed E-state index contributed by atoms with van der Waals surface area (Å²) >= 11 is 0. The molecule has 1 rings (SSSR count). The zero-order valence-electron chi connectivity index (χ0n) is 10.4. The van der Waals surface area contributed by atoms with Crippen molar-refractivity contribution in [1.29, 1.82) is 0 Å². The van der Waals surface area contributed by atoms with Crippen molar-refractivity contribution in [3.63, 3.8) is 0 Å². The smallest absolute Gasteiger partial charge is 0.166 e. The number of hydrogen-bond donors (Lipinski definition) is 2. The van der Waals surface area contributed by atoms with E-state index in [9.17, 15) is 13.2 Å². The Morgan fingerprint density at radius 3 is 2.44 bits per heavy atom. The summed E-state index contributed by atoms with van der Waals surface area (Å²) in [7, 11) is 0. The average Bonchev–Trinajstić information content (AvgIpc) is 2.35. The standard InChI is InChI=1S/C13H18F3NO/c1-2-3-4-5-6-17-13-9(8-18)12(16)10(14)7-11(13)15/h7,17-18H,2-6,8H2,1H3. The third-order valence-corrected chi connectivity index (χ3v) is 2.76. The second-order valence-corrected chi connectivity index (χ2v) is 4.15. The third kappa shape index (κ3) is 3.63. The number of anilines is 1. The molecule has 0 saturated heterocycles. The van der Waals surface area contributed by atoms with Gasteiger partial charge in [-0.2, -0.15) is 0 Å². The number of aliphatic hydroxyl groups is 1. The second-order valence-electron chi connectivity index (χ2n) is 4.15. The van der Waals surface area contributed by atoms with Crippen molar-refractivity contribution in [1.82, 2.24) is 0 Å². The molecule has 18 heavy (non-hydrogen) atoms. The van der Waals surface area contributed by atoms with Gasteiger partial charge in [-0.25, -0.2) is 13.2 Å². The first-order valence-electron chi connectivity index (χ1n) is 6.12. The molecule has 0 bridgehead atoms. The molecule has 0 aliphatic carbocycles. The quantitative estimate of drug-likeness (QED) is 0.580. The third-order valence-electron chi connectivity index (χ3n) is 2.76. The summed E-state index contributed by atoms with van der Waals surface area (Å²) in [5, 5.41) is 11.7. The SMILES string of the molecule is CCCCCCNc1c(F)cc(F)c(F)c1CO. The van der Waals surface area contributed by atoms with Crippen LogP contribution in [0.3, 0.4) is 0 Å². The number of unbranched alkanes of at least 4 members (excludes halogenated alkanes) is 3. The molecule has 0 fully saturated rings. The summed E-state index contributed by atoms with van der Waals surface area (Å²) in [5.41, 5.74) is -0.504. The number of hydrogen-bond acceptors (Lipinski definition) is 2. The number of nitrogens with one attached hydrogen (secondary N) is 1. The molecule has 2 nitrogen and oxygen atoms in total. The molecule has 1 aromatic carbocycles. The number of aliphatic hydroxyl groups excluding tert-OH is 1. The van der Waals surface area contributed by atoms with Gasteiger partial charge in [-0.15, -0.1) is 0 Å². The van der Waals surface area contributed by atoms with Crippen molar-refractivity contribution >= 4 is 5.69 Å². The lowest BCUT2D eigenvalue weighted by molar-refractivity contribution is 0.273. The van der Waals surface area contributed by atoms with Crippen LogP contribution in [0.25, 0.3) is 0 Å². The molecular weight excluding hydrogens is 243 g/mol. The molecule has 0 spiro atoms. The maximum atomic E-state index is 13.5. The van der Waals surface area contributed by atoms with E-state index >= 15 is 0 Å². The lowest BCUT2D eigenvalue weighted by Crippen LogP contribution is -2.09. The minimum absolute atomic E-state index is 0.145. The number of benzene rings is 1. The van der Waals surface area contributed by atoms with E-state index < -0.39 is 24.1 Å². The van der Waals surface area contributed by atoms with Crippen molar-refractivity contribution in [3.8, 4) is 0 Å². The lowest BCUT2D eigenvalue weighted by Gasteiger charge is -2.13. The first-order valence-corrected chi connectivity index (χ1v) is 6.12. The highest BCUT2D eigenvalue weighted by Crippen LogP contribution is 2.25. The van der Waals surface area contributed by atoms with Crippen LogP contribution in [0.4, 0.5) is 18.9 Å². The van der Waals surface area contributed by atoms with Gasteiger partial charge in [0, 0.05) is 18.2 Å². The molecule has 5 heteroatoms. The van der Waals surface area contributed by atoms with E-state index in [2.05, 4.69) is 12.2 Å². The largest absolute Gasteiger partial charge is 0.391 e. The summed E-state index contributed by atoms with van der Waals surface area (Å²) in [6, 6.07) is 0.489. The fraction of sp³-hybridized carbons (Fsp3) is 0.538. The van der Waals surface area contributed by atoms with Crippen molar-refractivity contribution in [2.75, 3.05) is 11.9 Å². The first kappa shape index (κ1) is 14.8. The Balaban J connectivity index is 2.72. The summed E-state index contributed by atoms with van der Waals surface area (Å²) in [5.74, 6) is -3.36. The van der Waals surface area contributed by atoms with E-state index in [1.54, 1.807) is 0 Å². The molecule has 0 aliphatic heterocycles. The molecule has 102 valence electrons. The summed E-state index contributed by atoms with van der Waals surface area (Å²) in [6.07, 6.45) is 3.97. The highest BCUT2D eigenvalue weighted by Gasteiger charge is 2.17. The van der Waals surface area contributed by atoms with Crippen LogP contribution in [0.5, 0.6) is 0 Å². The van der Waals surface area contributed by atoms with E-state index in [-0.39, 0.29) is 11.3 Å². The molecule has 0 unspecified atom stereocenters. The van der Waals surface area contributed by atoms with Gasteiger partial charge in [0.25, 0.3) is 0 Å². The second kappa shape index (κ2) is 7.26. The number of rotatable bonds is 7. The van der Waals surface area contributed by atoms with Gasteiger partial charge >= 0.3 is 0 Å². The van der Waals surface area contributed by atoms with Crippen LogP contribution in [0.2, 0.25) is 0 Å². The molecular formula is C13H18F3NO. The summed E-state index contributed by atoms with van der Waals surface area (Å²) in [4.78, 5) is 0. The summed E-state index contributed by atoms with van der Waals surface area (Å²) < 4.78 is 39.7. The predicted octanol–water partition coefficient (Wildman–Crippen LogP) is 3.59.